The summed E-state index contributed by atoms with van der Waals surface area (Å²) in [6.45, 7) is 7.64. The highest BCUT2D eigenvalue weighted by Gasteiger charge is 2.65. The Kier molecular flexibility index (Phi) is 5.36. The number of rotatable bonds is 3. The number of fused-ring (bicyclic) bond motifs is 2. The average Bonchev–Trinajstić information content (AvgIpc) is 2.84. The van der Waals surface area contributed by atoms with Crippen LogP contribution in [0, 0.1) is 17.8 Å². The van der Waals surface area contributed by atoms with Crippen molar-refractivity contribution < 1.29 is 39.7 Å². The van der Waals surface area contributed by atoms with E-state index < -0.39 is 54.1 Å². The van der Waals surface area contributed by atoms with Gasteiger partial charge in [0.05, 0.1) is 29.5 Å². The third-order valence-electron chi connectivity index (χ3n) is 8.28. The second kappa shape index (κ2) is 7.10. The highest BCUT2D eigenvalue weighted by molar-refractivity contribution is 5.14. The molecule has 5 rings (SSSR count). The molecule has 0 unspecified atom stereocenters. The number of hydrogen-bond acceptors (Lipinski definition) is 8. The van der Waals surface area contributed by atoms with Gasteiger partial charge in [0.1, 0.15) is 24.4 Å². The molecule has 168 valence electrons. The summed E-state index contributed by atoms with van der Waals surface area (Å²) in [7, 11) is 0. The Hall–Kier alpha value is -0.320. The lowest BCUT2D eigenvalue weighted by atomic mass is 9.74. The molecule has 2 bridgehead atoms. The molecular weight excluding hydrogens is 380 g/mol. The average molecular weight is 417 g/mol. The van der Waals surface area contributed by atoms with Gasteiger partial charge >= 0.3 is 0 Å². The van der Waals surface area contributed by atoms with Crippen LogP contribution in [-0.4, -0.2) is 85.8 Å². The van der Waals surface area contributed by atoms with Gasteiger partial charge in [-0.1, -0.05) is 6.92 Å². The van der Waals surface area contributed by atoms with Gasteiger partial charge in [-0.2, -0.15) is 0 Å². The number of ether oxygens (including phenoxy) is 3. The van der Waals surface area contributed by atoms with E-state index in [9.17, 15) is 25.5 Å². The molecule has 0 aromatic rings. The Balaban J connectivity index is 1.60. The van der Waals surface area contributed by atoms with Crippen LogP contribution in [0.1, 0.15) is 53.4 Å². The molecule has 3 heterocycles. The molecule has 11 atom stereocenters. The standard InChI is InChI=1S/C21H36O8/c1-10-7-12(27-18-17(25)16(24)15(23)13(9-22)28-18)14-11(10)8-21(26)6-5-20(14,4)29-19(21,2)3/h10-18,22-26H,5-9H2,1-4H3/t10-,11-,12+,13-,14+,15-,16+,17-,18-,20+,21+/m1/s1. The third-order valence-corrected chi connectivity index (χ3v) is 8.28. The van der Waals surface area contributed by atoms with Gasteiger partial charge in [-0.25, -0.2) is 0 Å². The molecule has 0 aromatic heterocycles. The fourth-order valence-electron chi connectivity index (χ4n) is 6.44. The summed E-state index contributed by atoms with van der Waals surface area (Å²) in [4.78, 5) is 0. The van der Waals surface area contributed by atoms with Crippen LogP contribution in [0.3, 0.4) is 0 Å². The lowest BCUT2D eigenvalue weighted by Crippen LogP contribution is -2.61. The van der Waals surface area contributed by atoms with Crippen molar-refractivity contribution in [2.24, 2.45) is 17.8 Å². The van der Waals surface area contributed by atoms with Gasteiger partial charge in [0.25, 0.3) is 0 Å². The van der Waals surface area contributed by atoms with Crippen LogP contribution in [0.25, 0.3) is 0 Å². The molecule has 29 heavy (non-hydrogen) atoms. The first-order chi connectivity index (χ1) is 13.4. The van der Waals surface area contributed by atoms with Crippen molar-refractivity contribution in [1.29, 1.82) is 0 Å². The number of aliphatic hydroxyl groups is 5. The predicted octanol–water partition coefficient (Wildman–Crippen LogP) is -0.0738. The minimum absolute atomic E-state index is 0.000620. The quantitative estimate of drug-likeness (QED) is 0.432. The van der Waals surface area contributed by atoms with Gasteiger partial charge in [0.2, 0.25) is 0 Å². The van der Waals surface area contributed by atoms with Gasteiger partial charge in [-0.15, -0.1) is 0 Å². The van der Waals surface area contributed by atoms with E-state index >= 15 is 0 Å². The summed E-state index contributed by atoms with van der Waals surface area (Å²) in [6, 6.07) is 0. The van der Waals surface area contributed by atoms with Gasteiger partial charge in [-0.05, 0) is 58.3 Å². The Labute approximate surface area is 171 Å². The van der Waals surface area contributed by atoms with Crippen LogP contribution in [0.15, 0.2) is 0 Å². The van der Waals surface area contributed by atoms with Gasteiger partial charge < -0.3 is 39.7 Å². The number of aliphatic hydroxyl groups excluding tert-OH is 4. The zero-order chi connectivity index (χ0) is 21.4. The van der Waals surface area contributed by atoms with Crippen LogP contribution in [0.2, 0.25) is 0 Å². The molecule has 0 radical (unpaired) electrons. The summed E-state index contributed by atoms with van der Waals surface area (Å²) in [6.07, 6.45) is -3.98. The van der Waals surface area contributed by atoms with E-state index in [1.165, 1.54) is 0 Å². The molecule has 8 heteroatoms. The fourth-order valence-corrected chi connectivity index (χ4v) is 6.44. The zero-order valence-corrected chi connectivity index (χ0v) is 17.7. The van der Waals surface area contributed by atoms with E-state index in [1.54, 1.807) is 0 Å². The van der Waals surface area contributed by atoms with E-state index in [0.29, 0.717) is 12.8 Å². The lowest BCUT2D eigenvalue weighted by Gasteiger charge is -2.52. The van der Waals surface area contributed by atoms with E-state index in [4.69, 9.17) is 14.2 Å². The third kappa shape index (κ3) is 3.27. The first-order valence-electron chi connectivity index (χ1n) is 10.8. The highest BCUT2D eigenvalue weighted by atomic mass is 16.7. The van der Waals surface area contributed by atoms with E-state index in [2.05, 4.69) is 13.8 Å². The minimum Gasteiger partial charge on any atom is -0.394 e. The van der Waals surface area contributed by atoms with Gasteiger partial charge in [-0.3, -0.25) is 0 Å². The van der Waals surface area contributed by atoms with Crippen molar-refractivity contribution in [1.82, 2.24) is 0 Å². The largest absolute Gasteiger partial charge is 0.394 e. The summed E-state index contributed by atoms with van der Waals surface area (Å²) in [5, 5.41) is 51.3. The topological polar surface area (TPSA) is 129 Å². The van der Waals surface area contributed by atoms with Crippen molar-refractivity contribution in [3.8, 4) is 0 Å². The first-order valence-corrected chi connectivity index (χ1v) is 10.8. The lowest BCUT2D eigenvalue weighted by molar-refractivity contribution is -0.322. The van der Waals surface area contributed by atoms with E-state index in [-0.39, 0.29) is 23.9 Å². The molecule has 0 aromatic carbocycles. The number of hydrogen-bond donors (Lipinski definition) is 5. The highest BCUT2D eigenvalue weighted by Crippen LogP contribution is 2.60. The van der Waals surface area contributed by atoms with Crippen LogP contribution < -0.4 is 0 Å². The van der Waals surface area contributed by atoms with Crippen molar-refractivity contribution in [3.63, 3.8) is 0 Å². The minimum atomic E-state index is -1.46. The first kappa shape index (κ1) is 21.9. The summed E-state index contributed by atoms with van der Waals surface area (Å²) < 4.78 is 18.3. The SMILES string of the molecule is C[C@@H]1C[C@H](O[C@@H]2O[C@H](CO)[C@@H](O)[C@H](O)[C@H]2O)[C@@H]2[C@@H]1C[C@@]1(O)CC[C@]2(C)OC1(C)C. The Morgan fingerprint density at radius 3 is 2.34 bits per heavy atom. The molecule has 8 nitrogen and oxygen atoms in total. The molecule has 2 saturated carbocycles. The summed E-state index contributed by atoms with van der Waals surface area (Å²) in [5.41, 5.74) is -2.05. The second-order valence-corrected chi connectivity index (χ2v) is 10.4. The monoisotopic (exact) mass is 416 g/mol. The molecule has 3 aliphatic heterocycles. The van der Waals surface area contributed by atoms with E-state index in [1.807, 2.05) is 13.8 Å². The van der Waals surface area contributed by atoms with Crippen molar-refractivity contribution >= 4 is 0 Å². The van der Waals surface area contributed by atoms with Crippen LogP contribution in [-0.2, 0) is 14.2 Å². The van der Waals surface area contributed by atoms with Gasteiger partial charge in [0, 0.05) is 5.92 Å². The molecule has 0 amide bonds. The normalized spacial score (nSPS) is 56.8. The molecule has 5 aliphatic rings. The summed E-state index contributed by atoms with van der Waals surface area (Å²) >= 11 is 0. The maximum Gasteiger partial charge on any atom is 0.186 e. The van der Waals surface area contributed by atoms with Crippen molar-refractivity contribution in [3.05, 3.63) is 0 Å². The maximum atomic E-state index is 11.4. The van der Waals surface area contributed by atoms with Gasteiger partial charge in [0.15, 0.2) is 6.29 Å². The molecule has 5 N–H and O–H groups in total. The zero-order valence-electron chi connectivity index (χ0n) is 17.7. The van der Waals surface area contributed by atoms with Crippen molar-refractivity contribution in [2.75, 3.05) is 6.61 Å². The van der Waals surface area contributed by atoms with Crippen LogP contribution >= 0.6 is 0 Å². The predicted molar refractivity (Wildman–Crippen MR) is 102 cm³/mol. The molecule has 5 fully saturated rings. The Morgan fingerprint density at radius 2 is 1.72 bits per heavy atom. The summed E-state index contributed by atoms with van der Waals surface area (Å²) in [5.74, 6) is 0.487. The van der Waals surface area contributed by atoms with Crippen molar-refractivity contribution in [2.45, 2.75) is 107 Å². The Bertz CT molecular complexity index is 626. The molecule has 3 saturated heterocycles. The molecule has 2 aliphatic carbocycles. The second-order valence-electron chi connectivity index (χ2n) is 10.4. The smallest absolute Gasteiger partial charge is 0.186 e. The molecule has 0 spiro atoms. The molecular formula is C21H36O8. The van der Waals surface area contributed by atoms with Crippen LogP contribution in [0.4, 0.5) is 0 Å². The van der Waals surface area contributed by atoms with E-state index in [0.717, 1.165) is 12.8 Å². The maximum absolute atomic E-state index is 11.4. The fraction of sp³-hybridized carbons (Fsp3) is 1.00. The Morgan fingerprint density at radius 1 is 1.03 bits per heavy atom. The van der Waals surface area contributed by atoms with Crippen LogP contribution in [0.5, 0.6) is 0 Å².